The third kappa shape index (κ3) is 13.0. The Hall–Kier alpha value is -6.07. The number of imidazole rings is 2. The van der Waals surface area contributed by atoms with Crippen molar-refractivity contribution in [1.82, 2.24) is 51.4 Å². The molecule has 1 aliphatic rings. The van der Waals surface area contributed by atoms with Gasteiger partial charge in [0.05, 0.1) is 12.7 Å². The van der Waals surface area contributed by atoms with Crippen LogP contribution >= 0.6 is 0 Å². The predicted molar refractivity (Wildman–Crippen MR) is 211 cm³/mol. The normalized spacial score (nSPS) is 16.9. The molecule has 2 aromatic heterocycles. The number of aromatic nitrogens is 4. The second-order valence-corrected chi connectivity index (χ2v) is 15.2. The first kappa shape index (κ1) is 44.6. The number of benzene rings is 1. The molecule has 58 heavy (non-hydrogen) atoms. The second kappa shape index (κ2) is 21.5. The van der Waals surface area contributed by atoms with E-state index in [9.17, 15) is 38.7 Å². The minimum Gasteiger partial charge on any atom is -0.480 e. The van der Waals surface area contributed by atoms with E-state index in [1.807, 2.05) is 27.7 Å². The largest absolute Gasteiger partial charge is 0.480 e. The van der Waals surface area contributed by atoms with Crippen LogP contribution in [0, 0.1) is 11.8 Å². The van der Waals surface area contributed by atoms with Gasteiger partial charge in [-0.15, -0.1) is 0 Å². The number of H-pyrrole nitrogens is 2. The van der Waals surface area contributed by atoms with Gasteiger partial charge in [-0.25, -0.2) is 14.8 Å². The summed E-state index contributed by atoms with van der Waals surface area (Å²) in [6.45, 7) is 8.88. The quantitative estimate of drug-likeness (QED) is 0.0750. The van der Waals surface area contributed by atoms with Crippen molar-refractivity contribution in [2.75, 3.05) is 6.54 Å². The van der Waals surface area contributed by atoms with E-state index >= 15 is 0 Å². The van der Waals surface area contributed by atoms with Gasteiger partial charge in [0.1, 0.15) is 36.3 Å². The minimum absolute atomic E-state index is 0.0290. The van der Waals surface area contributed by atoms with Crippen LogP contribution in [0.2, 0.25) is 0 Å². The number of hydrogen-bond acceptors (Lipinski definition) is 9. The summed E-state index contributed by atoms with van der Waals surface area (Å²) in [4.78, 5) is 109. The summed E-state index contributed by atoms with van der Waals surface area (Å²) >= 11 is 0. The molecule has 0 saturated carbocycles. The number of aromatic amines is 2. The van der Waals surface area contributed by atoms with Gasteiger partial charge in [-0.05, 0) is 36.7 Å². The van der Waals surface area contributed by atoms with Crippen molar-refractivity contribution in [1.29, 1.82) is 0 Å². The van der Waals surface area contributed by atoms with E-state index in [1.165, 1.54) is 36.9 Å². The molecule has 1 saturated heterocycles. The fourth-order valence-corrected chi connectivity index (χ4v) is 6.89. The van der Waals surface area contributed by atoms with E-state index in [4.69, 9.17) is 0 Å². The third-order valence-corrected chi connectivity index (χ3v) is 10.1. The Morgan fingerprint density at radius 3 is 1.88 bits per heavy atom. The van der Waals surface area contributed by atoms with Crippen LogP contribution < -0.4 is 26.6 Å². The highest BCUT2D eigenvalue weighted by Gasteiger charge is 2.40. The number of aliphatic carboxylic acids is 1. The number of hydrogen-bond donors (Lipinski definition) is 8. The molecule has 18 nitrogen and oxygen atoms in total. The topological polar surface area (TPSA) is 260 Å². The number of carbonyl (C=O) groups excluding carboxylic acids is 6. The van der Waals surface area contributed by atoms with Gasteiger partial charge >= 0.3 is 5.97 Å². The van der Waals surface area contributed by atoms with Crippen molar-refractivity contribution < 1.29 is 38.7 Å². The van der Waals surface area contributed by atoms with Crippen LogP contribution in [0.5, 0.6) is 0 Å². The summed E-state index contributed by atoms with van der Waals surface area (Å²) in [5, 5.41) is 23.4. The first-order chi connectivity index (χ1) is 27.7. The molecule has 0 aliphatic carbocycles. The number of carboxylic acids is 1. The molecular weight excluding hydrogens is 749 g/mol. The zero-order valence-electron chi connectivity index (χ0n) is 33.6. The average molecular weight is 805 g/mol. The number of rotatable bonds is 21. The van der Waals surface area contributed by atoms with Crippen molar-refractivity contribution >= 4 is 41.4 Å². The van der Waals surface area contributed by atoms with Crippen molar-refractivity contribution in [3.8, 4) is 0 Å². The summed E-state index contributed by atoms with van der Waals surface area (Å²) in [6.07, 6.45) is 7.37. The molecule has 3 aromatic rings. The fraction of sp³-hybridized carbons (Fsp3) is 0.525. The fourth-order valence-electron chi connectivity index (χ4n) is 6.89. The van der Waals surface area contributed by atoms with E-state index in [0.29, 0.717) is 29.8 Å². The predicted octanol–water partition coefficient (Wildman–Crippen LogP) is 0.772. The third-order valence-electron chi connectivity index (χ3n) is 10.1. The molecular formula is C40H56N10O8. The molecule has 1 aromatic carbocycles. The Kier molecular flexibility index (Phi) is 16.5. The maximum atomic E-state index is 14.3. The number of likely N-dealkylation sites (tertiary alicyclic amines) is 1. The number of amides is 6. The second-order valence-electron chi connectivity index (χ2n) is 15.2. The van der Waals surface area contributed by atoms with Crippen LogP contribution in [0.15, 0.2) is 55.4 Å². The lowest BCUT2D eigenvalue weighted by Gasteiger charge is -2.31. The lowest BCUT2D eigenvalue weighted by atomic mass is 9.97. The number of carboxylic acid groups (broad SMARTS) is 1. The van der Waals surface area contributed by atoms with Gasteiger partial charge < -0.3 is 46.6 Å². The molecule has 8 N–H and O–H groups in total. The van der Waals surface area contributed by atoms with Crippen LogP contribution in [0.1, 0.15) is 77.3 Å². The summed E-state index contributed by atoms with van der Waals surface area (Å²) in [6, 6.07) is 2.24. The monoisotopic (exact) mass is 804 g/mol. The number of carbonyl (C=O) groups is 7. The Labute approximate surface area is 337 Å². The van der Waals surface area contributed by atoms with Gasteiger partial charge in [-0.3, -0.25) is 28.8 Å². The van der Waals surface area contributed by atoms with Gasteiger partial charge in [-0.2, -0.15) is 0 Å². The molecule has 7 unspecified atom stereocenters. The smallest absolute Gasteiger partial charge is 0.326 e. The lowest BCUT2D eigenvalue weighted by molar-refractivity contribution is -0.143. The Morgan fingerprint density at radius 1 is 0.776 bits per heavy atom. The minimum atomic E-state index is -1.25. The van der Waals surface area contributed by atoms with Crippen LogP contribution in [-0.4, -0.2) is 114 Å². The van der Waals surface area contributed by atoms with E-state index in [0.717, 1.165) is 0 Å². The van der Waals surface area contributed by atoms with Crippen molar-refractivity contribution in [3.05, 3.63) is 72.3 Å². The molecule has 0 radical (unpaired) electrons. The van der Waals surface area contributed by atoms with Crippen LogP contribution in [0.4, 0.5) is 0 Å². The summed E-state index contributed by atoms with van der Waals surface area (Å²) in [5.74, 6) is -5.02. The number of nitrogens with one attached hydrogen (secondary N) is 7. The lowest BCUT2D eigenvalue weighted by Crippen LogP contribution is -2.60. The zero-order chi connectivity index (χ0) is 42.4. The Balaban J connectivity index is 1.58. The molecule has 0 bridgehead atoms. The highest BCUT2D eigenvalue weighted by molar-refractivity contribution is 5.97. The highest BCUT2D eigenvalue weighted by atomic mass is 16.4. The summed E-state index contributed by atoms with van der Waals surface area (Å²) in [5.41, 5.74) is 1.77. The first-order valence-electron chi connectivity index (χ1n) is 19.7. The zero-order valence-corrected chi connectivity index (χ0v) is 33.6. The molecule has 6 amide bonds. The average Bonchev–Trinajstić information content (AvgIpc) is 4.00. The molecule has 1 aliphatic heterocycles. The van der Waals surface area contributed by atoms with Gasteiger partial charge in [0, 0.05) is 56.5 Å². The molecule has 1 fully saturated rings. The molecule has 3 heterocycles. The summed E-state index contributed by atoms with van der Waals surface area (Å²) < 4.78 is 0. The molecule has 7 atom stereocenters. The van der Waals surface area contributed by atoms with Gasteiger partial charge in [0.2, 0.25) is 35.4 Å². The van der Waals surface area contributed by atoms with E-state index in [1.54, 1.807) is 30.3 Å². The van der Waals surface area contributed by atoms with Crippen LogP contribution in [0.25, 0.3) is 0 Å². The Morgan fingerprint density at radius 2 is 1.34 bits per heavy atom. The molecule has 4 rings (SSSR count). The van der Waals surface area contributed by atoms with Crippen molar-refractivity contribution in [3.63, 3.8) is 0 Å². The maximum absolute atomic E-state index is 14.3. The summed E-state index contributed by atoms with van der Waals surface area (Å²) in [7, 11) is 0. The van der Waals surface area contributed by atoms with Crippen LogP contribution in [0.3, 0.4) is 0 Å². The SMILES string of the molecule is CCC(C)C(NC(C)=O)C(=O)NC(Cc1cnc[nH]1)C(=O)N1CCCC1C(=O)NC(Cc1ccccc1)C(=O)NC(Cc1cnc[nH]1)C(=O)NC(CC(C)C)C(=O)O. The Bertz CT molecular complexity index is 1840. The first-order valence-corrected chi connectivity index (χ1v) is 19.7. The molecule has 0 spiro atoms. The van der Waals surface area contributed by atoms with E-state index in [-0.39, 0.29) is 50.5 Å². The highest BCUT2D eigenvalue weighted by Crippen LogP contribution is 2.21. The van der Waals surface area contributed by atoms with Gasteiger partial charge in [-0.1, -0.05) is 64.4 Å². The van der Waals surface area contributed by atoms with Gasteiger partial charge in [0.15, 0.2) is 0 Å². The van der Waals surface area contributed by atoms with E-state index in [2.05, 4.69) is 46.5 Å². The molecule has 314 valence electrons. The number of nitrogens with zero attached hydrogens (tertiary/aromatic N) is 3. The van der Waals surface area contributed by atoms with E-state index < -0.39 is 77.7 Å². The molecule has 18 heteroatoms. The van der Waals surface area contributed by atoms with Crippen molar-refractivity contribution in [2.45, 2.75) is 116 Å². The maximum Gasteiger partial charge on any atom is 0.326 e. The standard InChI is InChI=1S/C40H56N10O8/c1-6-24(4)34(45-25(5)51)38(55)48-31(18-28-20-42-22-44-28)39(56)50-14-10-13-33(50)37(54)47-29(16-26-11-8-7-9-12-26)35(52)46-30(17-27-19-41-21-43-27)36(53)49-32(40(57)58)15-23(2)3/h7-9,11-12,19-24,29-34H,6,10,13-18H2,1-5H3,(H,41,43)(H,42,44)(H,45,51)(H,46,52)(H,47,54)(H,48,55)(H,49,53)(H,57,58). The van der Waals surface area contributed by atoms with Crippen LogP contribution in [-0.2, 0) is 52.8 Å². The van der Waals surface area contributed by atoms with Gasteiger partial charge in [0.25, 0.3) is 0 Å². The van der Waals surface area contributed by atoms with Crippen molar-refractivity contribution in [2.24, 2.45) is 11.8 Å².